The molecule has 0 bridgehead atoms. The summed E-state index contributed by atoms with van der Waals surface area (Å²) in [4.78, 5) is 14.8. The maximum absolute atomic E-state index is 12.3. The number of nitrogens with one attached hydrogen (secondary N) is 1. The van der Waals surface area contributed by atoms with Crippen LogP contribution in [-0.2, 0) is 9.53 Å². The zero-order chi connectivity index (χ0) is 43.2. The van der Waals surface area contributed by atoms with Crippen molar-refractivity contribution in [2.75, 3.05) is 23.3 Å². The average Bonchev–Trinajstić information content (AvgIpc) is 3.24. The average molecular weight is 811 g/mol. The van der Waals surface area contributed by atoms with Gasteiger partial charge in [0.05, 0.1) is 6.04 Å². The van der Waals surface area contributed by atoms with Crippen molar-refractivity contribution in [3.05, 3.63) is 172 Å². The summed E-state index contributed by atoms with van der Waals surface area (Å²) in [7, 11) is 0. The number of hydrogen-bond donors (Lipinski definition) is 1. The number of nitrogens with zero attached hydrogens (tertiary/aromatic N) is 2. The van der Waals surface area contributed by atoms with Crippen LogP contribution in [0.2, 0.25) is 0 Å². The predicted molar refractivity (Wildman–Crippen MR) is 259 cm³/mol. The lowest BCUT2D eigenvalue weighted by molar-refractivity contribution is -0.440. The standard InChI is InChI=1S/C56H63N3O2/c1-10-31-58(55-39(6)33-37(4)34-40(55)7)45-25-21-43(22-26-45)54(44-23-27-46(28-24-44)59(32-11-2)56-41(8)35-38(5)36-42(56)9)49-29-30-50(48-18-14-13-17-47(48)49)57-51-19-15-16-20-52(51)61-53(60)12-3/h12-14,17-18,21-30,33-36,51-52H,3,10-11,15-16,19-20,31-32H2,1-2,4-9H3/p+1. The second kappa shape index (κ2) is 19.2. The Labute approximate surface area is 364 Å². The van der Waals surface area contributed by atoms with E-state index in [1.165, 1.54) is 78.8 Å². The number of benzene rings is 5. The molecule has 0 saturated heterocycles. The molecule has 314 valence electrons. The van der Waals surface area contributed by atoms with Gasteiger partial charge in [-0.3, -0.25) is 0 Å². The van der Waals surface area contributed by atoms with Gasteiger partial charge in [0.1, 0.15) is 12.6 Å². The molecule has 0 aliphatic heterocycles. The fourth-order valence-corrected chi connectivity index (χ4v) is 9.92. The third-order valence-electron chi connectivity index (χ3n) is 12.3. The van der Waals surface area contributed by atoms with Gasteiger partial charge in [-0.25, -0.2) is 4.79 Å². The first-order valence-electron chi connectivity index (χ1n) is 22.4. The number of ether oxygens (including phenoxy) is 1. The molecule has 0 amide bonds. The summed E-state index contributed by atoms with van der Waals surface area (Å²) in [6, 6.07) is 31.6. The molecule has 2 aliphatic carbocycles. The molecular weight excluding hydrogens is 747 g/mol. The Morgan fingerprint density at radius 3 is 2.02 bits per heavy atom. The molecule has 1 fully saturated rings. The van der Waals surface area contributed by atoms with Crippen molar-refractivity contribution in [2.45, 2.75) is 106 Å². The number of fused-ring (bicyclic) bond motifs is 1. The normalized spacial score (nSPS) is 16.1. The van der Waals surface area contributed by atoms with E-state index in [4.69, 9.17) is 4.74 Å². The molecule has 2 atom stereocenters. The van der Waals surface area contributed by atoms with E-state index in [2.05, 4.69) is 186 Å². The van der Waals surface area contributed by atoms with Crippen LogP contribution in [0.25, 0.3) is 16.3 Å². The van der Waals surface area contributed by atoms with Crippen LogP contribution >= 0.6 is 0 Å². The number of allylic oxidation sites excluding steroid dienone is 5. The molecule has 5 aromatic rings. The number of rotatable bonds is 13. The SMILES string of the molecule is C=CC(=O)OC1CCCCC1Nc1ccc(C(=C2C=CC(=[N+](CCC)c3c(C)cc(C)cc3C)C=C2)c2ccc(N(CCC)c3c(C)cc(C)cc3C)cc2)c2ccccc12. The van der Waals surface area contributed by atoms with Crippen LogP contribution in [0.3, 0.4) is 0 Å². The monoisotopic (exact) mass is 810 g/mol. The van der Waals surface area contributed by atoms with E-state index in [1.54, 1.807) is 0 Å². The number of carbonyl (C=O) groups is 1. The molecule has 2 aliphatic rings. The molecule has 61 heavy (non-hydrogen) atoms. The molecule has 5 aromatic carbocycles. The molecule has 1 saturated carbocycles. The summed E-state index contributed by atoms with van der Waals surface area (Å²) >= 11 is 0. The summed E-state index contributed by atoms with van der Waals surface area (Å²) in [5.41, 5.74) is 18.5. The molecule has 5 nitrogen and oxygen atoms in total. The van der Waals surface area contributed by atoms with Crippen molar-refractivity contribution in [1.29, 1.82) is 0 Å². The molecule has 5 heteroatoms. The van der Waals surface area contributed by atoms with Crippen molar-refractivity contribution in [3.8, 4) is 0 Å². The van der Waals surface area contributed by atoms with Gasteiger partial charge in [0, 0.05) is 64.8 Å². The van der Waals surface area contributed by atoms with Crippen LogP contribution in [-0.4, -0.2) is 41.5 Å². The van der Waals surface area contributed by atoms with E-state index in [0.29, 0.717) is 0 Å². The minimum absolute atomic E-state index is 0.0224. The summed E-state index contributed by atoms with van der Waals surface area (Å²) in [5, 5.41) is 6.15. The first kappa shape index (κ1) is 43.2. The van der Waals surface area contributed by atoms with Crippen molar-refractivity contribution >= 4 is 50.8 Å². The van der Waals surface area contributed by atoms with Gasteiger partial charge >= 0.3 is 5.97 Å². The van der Waals surface area contributed by atoms with Gasteiger partial charge in [0.15, 0.2) is 0 Å². The topological polar surface area (TPSA) is 44.6 Å². The number of aryl methyl sites for hydroxylation is 6. The Morgan fingerprint density at radius 1 is 0.770 bits per heavy atom. The zero-order valence-corrected chi connectivity index (χ0v) is 37.7. The van der Waals surface area contributed by atoms with Gasteiger partial charge in [0.25, 0.3) is 0 Å². The van der Waals surface area contributed by atoms with E-state index in [9.17, 15) is 4.79 Å². The van der Waals surface area contributed by atoms with E-state index in [-0.39, 0.29) is 18.1 Å². The van der Waals surface area contributed by atoms with Gasteiger partial charge in [-0.15, -0.1) is 0 Å². The molecular formula is C56H64N3O2+. The number of anilines is 3. The second-order valence-electron chi connectivity index (χ2n) is 17.2. The third kappa shape index (κ3) is 9.37. The highest BCUT2D eigenvalue weighted by Crippen LogP contribution is 2.40. The highest BCUT2D eigenvalue weighted by Gasteiger charge is 2.29. The van der Waals surface area contributed by atoms with Crippen LogP contribution in [0, 0.1) is 41.5 Å². The van der Waals surface area contributed by atoms with Crippen LogP contribution < -0.4 is 10.2 Å². The highest BCUT2D eigenvalue weighted by molar-refractivity contribution is 6.08. The molecule has 2 unspecified atom stereocenters. The van der Waals surface area contributed by atoms with E-state index in [1.807, 2.05) is 0 Å². The first-order valence-corrected chi connectivity index (χ1v) is 22.4. The van der Waals surface area contributed by atoms with Gasteiger partial charge in [-0.05, 0) is 148 Å². The fourth-order valence-electron chi connectivity index (χ4n) is 9.92. The molecule has 0 heterocycles. The molecule has 0 radical (unpaired) electrons. The lowest BCUT2D eigenvalue weighted by Gasteiger charge is -2.32. The van der Waals surface area contributed by atoms with Gasteiger partial charge < -0.3 is 15.0 Å². The Bertz CT molecular complexity index is 2510. The third-order valence-corrected chi connectivity index (χ3v) is 12.3. The van der Waals surface area contributed by atoms with Crippen LogP contribution in [0.4, 0.5) is 22.7 Å². The lowest BCUT2D eigenvalue weighted by atomic mass is 9.87. The zero-order valence-electron chi connectivity index (χ0n) is 37.7. The van der Waals surface area contributed by atoms with Crippen molar-refractivity contribution < 1.29 is 14.1 Å². The van der Waals surface area contributed by atoms with E-state index >= 15 is 0 Å². The Kier molecular flexibility index (Phi) is 13.6. The number of hydrogen-bond acceptors (Lipinski definition) is 4. The van der Waals surface area contributed by atoms with Gasteiger partial charge in [0.2, 0.25) is 11.4 Å². The quantitative estimate of drug-likeness (QED) is 0.0731. The minimum Gasteiger partial charge on any atom is -0.457 e. The maximum Gasteiger partial charge on any atom is 0.330 e. The van der Waals surface area contributed by atoms with Crippen LogP contribution in [0.1, 0.15) is 96.9 Å². The Morgan fingerprint density at radius 2 is 1.39 bits per heavy atom. The van der Waals surface area contributed by atoms with Crippen molar-refractivity contribution in [3.63, 3.8) is 0 Å². The first-order chi connectivity index (χ1) is 29.5. The smallest absolute Gasteiger partial charge is 0.330 e. The van der Waals surface area contributed by atoms with Crippen LogP contribution in [0.5, 0.6) is 0 Å². The largest absolute Gasteiger partial charge is 0.457 e. The Hall–Kier alpha value is -5.94. The molecule has 0 spiro atoms. The summed E-state index contributed by atoms with van der Waals surface area (Å²) in [6.07, 6.45) is 16.3. The minimum atomic E-state index is -0.362. The van der Waals surface area contributed by atoms with E-state index < -0.39 is 0 Å². The summed E-state index contributed by atoms with van der Waals surface area (Å²) < 4.78 is 8.35. The van der Waals surface area contributed by atoms with E-state index in [0.717, 1.165) is 73.8 Å². The molecule has 0 aromatic heterocycles. The van der Waals surface area contributed by atoms with Crippen LogP contribution in [0.15, 0.2) is 127 Å². The second-order valence-corrected chi connectivity index (χ2v) is 17.2. The van der Waals surface area contributed by atoms with Gasteiger partial charge in [-0.1, -0.05) is 92.6 Å². The molecule has 1 N–H and O–H groups in total. The summed E-state index contributed by atoms with van der Waals surface area (Å²) in [6.45, 7) is 23.3. The summed E-state index contributed by atoms with van der Waals surface area (Å²) in [5.74, 6) is -0.362. The van der Waals surface area contributed by atoms with Crippen molar-refractivity contribution in [2.24, 2.45) is 0 Å². The van der Waals surface area contributed by atoms with Gasteiger partial charge in [-0.2, -0.15) is 4.58 Å². The molecule has 7 rings (SSSR count). The highest BCUT2D eigenvalue weighted by atomic mass is 16.5. The fraction of sp³-hybridized carbons (Fsp3) is 0.321. The number of carbonyl (C=O) groups excluding carboxylic acids is 1. The van der Waals surface area contributed by atoms with Crippen molar-refractivity contribution in [1.82, 2.24) is 0 Å². The lowest BCUT2D eigenvalue weighted by Crippen LogP contribution is -2.39. The Balaban J connectivity index is 1.37. The maximum atomic E-state index is 12.3. The predicted octanol–water partition coefficient (Wildman–Crippen LogP) is 13.8. The number of esters is 1.